The molecule has 1 aliphatic heterocycles. The Morgan fingerprint density at radius 2 is 2.06 bits per heavy atom. The van der Waals surface area contributed by atoms with Gasteiger partial charge in [0.25, 0.3) is 17.0 Å². The van der Waals surface area contributed by atoms with Crippen LogP contribution in [0.5, 0.6) is 0 Å². The zero-order valence-electron chi connectivity index (χ0n) is 16.0. The van der Waals surface area contributed by atoms with Crippen molar-refractivity contribution in [2.24, 2.45) is 5.10 Å². The summed E-state index contributed by atoms with van der Waals surface area (Å²) in [4.78, 5) is 13.9. The molecule has 3 aromatic heterocycles. The number of thioether (sulfide) groups is 1. The Kier molecular flexibility index (Phi) is 5.63. The lowest BCUT2D eigenvalue weighted by Gasteiger charge is -2.19. The van der Waals surface area contributed by atoms with Crippen molar-refractivity contribution in [3.63, 3.8) is 0 Å². The summed E-state index contributed by atoms with van der Waals surface area (Å²) in [5.74, 6) is 1.07. The Morgan fingerprint density at radius 1 is 1.19 bits per heavy atom. The number of hydrazone groups is 1. The van der Waals surface area contributed by atoms with Crippen molar-refractivity contribution in [3.05, 3.63) is 76.5 Å². The quantitative estimate of drug-likeness (QED) is 0.345. The van der Waals surface area contributed by atoms with Gasteiger partial charge in [0.2, 0.25) is 0 Å². The highest BCUT2D eigenvalue weighted by atomic mass is 35.5. The van der Waals surface area contributed by atoms with Crippen LogP contribution in [0.1, 0.15) is 23.8 Å². The number of hydrogen-bond donors (Lipinski definition) is 0. The van der Waals surface area contributed by atoms with E-state index in [2.05, 4.69) is 15.3 Å². The highest BCUT2D eigenvalue weighted by Gasteiger charge is 2.35. The molecule has 10 heteroatoms. The molecule has 1 amide bonds. The van der Waals surface area contributed by atoms with Gasteiger partial charge in [0.15, 0.2) is 0 Å². The number of furan rings is 1. The van der Waals surface area contributed by atoms with Crippen LogP contribution in [0.15, 0.2) is 79.3 Å². The van der Waals surface area contributed by atoms with Crippen LogP contribution in [0.2, 0.25) is 5.02 Å². The van der Waals surface area contributed by atoms with Crippen molar-refractivity contribution < 1.29 is 13.6 Å². The second kappa shape index (κ2) is 8.70. The third kappa shape index (κ3) is 4.30. The molecule has 0 unspecified atom stereocenters. The molecule has 0 radical (unpaired) electrons. The Labute approximate surface area is 190 Å². The number of benzene rings is 1. The predicted molar refractivity (Wildman–Crippen MR) is 119 cm³/mol. The van der Waals surface area contributed by atoms with Gasteiger partial charge >= 0.3 is 0 Å². The van der Waals surface area contributed by atoms with E-state index in [0.717, 1.165) is 16.2 Å². The second-order valence-corrected chi connectivity index (χ2v) is 8.98. The summed E-state index contributed by atoms with van der Waals surface area (Å²) in [6.07, 6.45) is 2.15. The first kappa shape index (κ1) is 20.0. The van der Waals surface area contributed by atoms with E-state index >= 15 is 0 Å². The zero-order chi connectivity index (χ0) is 21.2. The van der Waals surface area contributed by atoms with Gasteiger partial charge in [-0.15, -0.1) is 21.5 Å². The van der Waals surface area contributed by atoms with Crippen LogP contribution in [-0.4, -0.2) is 32.6 Å². The lowest BCUT2D eigenvalue weighted by Crippen LogP contribution is -2.28. The van der Waals surface area contributed by atoms with Gasteiger partial charge in [0.1, 0.15) is 11.8 Å². The molecule has 7 nitrogen and oxygen atoms in total. The van der Waals surface area contributed by atoms with E-state index in [1.807, 2.05) is 47.8 Å². The van der Waals surface area contributed by atoms with Gasteiger partial charge in [-0.05, 0) is 41.3 Å². The summed E-state index contributed by atoms with van der Waals surface area (Å²) in [5.41, 5.74) is 1.72. The summed E-state index contributed by atoms with van der Waals surface area (Å²) in [6.45, 7) is 0. The number of aromatic nitrogens is 2. The molecule has 0 saturated heterocycles. The molecule has 5 rings (SSSR count). The SMILES string of the molecule is O=C(CSc1nnc(-c2cccs2)o1)N1N=C(c2ccc(Cl)cc2)C[C@H]1c1ccco1. The minimum absolute atomic E-state index is 0.112. The minimum Gasteiger partial charge on any atom is -0.467 e. The summed E-state index contributed by atoms with van der Waals surface area (Å²) in [5, 5.41) is 17.1. The average Bonchev–Trinajstić information content (AvgIpc) is 3.58. The van der Waals surface area contributed by atoms with Crippen LogP contribution in [-0.2, 0) is 4.79 Å². The molecule has 0 fully saturated rings. The minimum atomic E-state index is -0.307. The molecule has 4 aromatic rings. The van der Waals surface area contributed by atoms with Gasteiger partial charge in [-0.3, -0.25) is 4.79 Å². The number of rotatable bonds is 6. The van der Waals surface area contributed by atoms with Gasteiger partial charge in [-0.2, -0.15) is 5.10 Å². The Hall–Kier alpha value is -2.88. The van der Waals surface area contributed by atoms with Crippen molar-refractivity contribution in [1.29, 1.82) is 0 Å². The summed E-state index contributed by atoms with van der Waals surface area (Å²) < 4.78 is 11.2. The van der Waals surface area contributed by atoms with Gasteiger partial charge in [0, 0.05) is 11.4 Å². The molecule has 0 bridgehead atoms. The van der Waals surface area contributed by atoms with E-state index in [-0.39, 0.29) is 17.7 Å². The van der Waals surface area contributed by atoms with Crippen LogP contribution in [0, 0.1) is 0 Å². The van der Waals surface area contributed by atoms with Crippen LogP contribution in [0.3, 0.4) is 0 Å². The summed E-state index contributed by atoms with van der Waals surface area (Å²) >= 11 is 8.70. The largest absolute Gasteiger partial charge is 0.467 e. The fraction of sp³-hybridized carbons (Fsp3) is 0.143. The highest BCUT2D eigenvalue weighted by molar-refractivity contribution is 7.99. The van der Waals surface area contributed by atoms with Crippen LogP contribution >= 0.6 is 34.7 Å². The number of hydrogen-bond acceptors (Lipinski definition) is 8. The summed E-state index contributed by atoms with van der Waals surface area (Å²) in [7, 11) is 0. The standard InChI is InChI=1S/C21H15ClN4O3S2/c22-14-7-5-13(6-8-14)15-11-16(17-3-1-9-28-17)26(25-15)19(27)12-31-21-24-23-20(29-21)18-4-2-10-30-18/h1-10,16H,11-12H2/t16-/m0/s1. The fourth-order valence-corrected chi connectivity index (χ4v) is 4.60. The maximum atomic E-state index is 13.0. The summed E-state index contributed by atoms with van der Waals surface area (Å²) in [6, 6.07) is 14.6. The van der Waals surface area contributed by atoms with Gasteiger partial charge in [0.05, 0.1) is 22.6 Å². The maximum absolute atomic E-state index is 13.0. The van der Waals surface area contributed by atoms with E-state index in [4.69, 9.17) is 20.4 Å². The number of thiophene rings is 1. The lowest BCUT2D eigenvalue weighted by atomic mass is 10.0. The van der Waals surface area contributed by atoms with Gasteiger partial charge < -0.3 is 8.83 Å². The molecule has 4 heterocycles. The van der Waals surface area contributed by atoms with Crippen LogP contribution in [0.25, 0.3) is 10.8 Å². The van der Waals surface area contributed by atoms with Crippen LogP contribution in [0.4, 0.5) is 0 Å². The maximum Gasteiger partial charge on any atom is 0.277 e. The topological polar surface area (TPSA) is 84.7 Å². The van der Waals surface area contributed by atoms with E-state index in [0.29, 0.717) is 28.3 Å². The zero-order valence-corrected chi connectivity index (χ0v) is 18.4. The third-order valence-corrected chi connectivity index (χ3v) is 6.59. The number of carbonyl (C=O) groups is 1. The first-order valence-corrected chi connectivity index (χ1v) is 11.6. The predicted octanol–water partition coefficient (Wildman–Crippen LogP) is 5.51. The molecular formula is C21H15ClN4O3S2. The van der Waals surface area contributed by atoms with E-state index in [1.54, 1.807) is 12.3 Å². The van der Waals surface area contributed by atoms with E-state index in [1.165, 1.54) is 28.1 Å². The second-order valence-electron chi connectivity index (χ2n) is 6.67. The molecule has 1 aliphatic rings. The number of halogens is 1. The first-order valence-electron chi connectivity index (χ1n) is 9.36. The normalized spacial score (nSPS) is 16.0. The number of amides is 1. The van der Waals surface area contributed by atoms with Gasteiger partial charge in [-0.1, -0.05) is 41.6 Å². The molecule has 0 N–H and O–H groups in total. The van der Waals surface area contributed by atoms with Crippen molar-refractivity contribution in [2.75, 3.05) is 5.75 Å². The molecule has 1 atom stereocenters. The Balaban J connectivity index is 1.33. The van der Waals surface area contributed by atoms with Crippen molar-refractivity contribution >= 4 is 46.3 Å². The molecule has 0 saturated carbocycles. The Bertz CT molecular complexity index is 1200. The van der Waals surface area contributed by atoms with Crippen molar-refractivity contribution in [3.8, 4) is 10.8 Å². The Morgan fingerprint density at radius 3 is 2.81 bits per heavy atom. The van der Waals surface area contributed by atoms with Crippen molar-refractivity contribution in [2.45, 2.75) is 17.7 Å². The molecule has 156 valence electrons. The van der Waals surface area contributed by atoms with Crippen molar-refractivity contribution in [1.82, 2.24) is 15.2 Å². The van der Waals surface area contributed by atoms with E-state index < -0.39 is 0 Å². The van der Waals surface area contributed by atoms with Crippen LogP contribution < -0.4 is 0 Å². The van der Waals surface area contributed by atoms with E-state index in [9.17, 15) is 4.79 Å². The molecule has 1 aromatic carbocycles. The highest BCUT2D eigenvalue weighted by Crippen LogP contribution is 2.34. The third-order valence-electron chi connectivity index (χ3n) is 4.67. The molecule has 31 heavy (non-hydrogen) atoms. The lowest BCUT2D eigenvalue weighted by molar-refractivity contribution is -0.130. The molecule has 0 aliphatic carbocycles. The molecule has 0 spiro atoms. The number of carbonyl (C=O) groups excluding carboxylic acids is 1. The first-order chi connectivity index (χ1) is 15.2. The smallest absolute Gasteiger partial charge is 0.277 e. The number of nitrogens with zero attached hydrogens (tertiary/aromatic N) is 4. The van der Waals surface area contributed by atoms with Gasteiger partial charge in [-0.25, -0.2) is 5.01 Å². The average molecular weight is 471 g/mol. The monoisotopic (exact) mass is 470 g/mol. The fourth-order valence-electron chi connectivity index (χ4n) is 3.22. The molecular weight excluding hydrogens is 456 g/mol.